The number of sulfone groups is 1. The lowest BCUT2D eigenvalue weighted by Gasteiger charge is -2.12. The summed E-state index contributed by atoms with van der Waals surface area (Å²) in [5.74, 6) is 0.399. The SMILES string of the molecule is CS(=O)(=O)c1cccnc1Oc1cccc(Cl)c1CN. The van der Waals surface area contributed by atoms with Gasteiger partial charge in [-0.2, -0.15) is 0 Å². The fourth-order valence-electron chi connectivity index (χ4n) is 1.67. The molecule has 0 radical (unpaired) electrons. The zero-order chi connectivity index (χ0) is 14.8. The Kier molecular flexibility index (Phi) is 4.27. The normalized spacial score (nSPS) is 11.3. The van der Waals surface area contributed by atoms with Crippen molar-refractivity contribution in [2.45, 2.75) is 11.4 Å². The zero-order valence-electron chi connectivity index (χ0n) is 10.7. The van der Waals surface area contributed by atoms with Gasteiger partial charge in [-0.05, 0) is 24.3 Å². The summed E-state index contributed by atoms with van der Waals surface area (Å²) in [5, 5.41) is 0.460. The van der Waals surface area contributed by atoms with Gasteiger partial charge >= 0.3 is 0 Å². The van der Waals surface area contributed by atoms with Crippen LogP contribution < -0.4 is 10.5 Å². The topological polar surface area (TPSA) is 82.3 Å². The number of aromatic nitrogens is 1. The van der Waals surface area contributed by atoms with Crippen molar-refractivity contribution in [2.24, 2.45) is 5.73 Å². The summed E-state index contributed by atoms with van der Waals surface area (Å²) in [4.78, 5) is 3.98. The van der Waals surface area contributed by atoms with E-state index in [1.165, 1.54) is 18.3 Å². The fraction of sp³-hybridized carbons (Fsp3) is 0.154. The number of halogens is 1. The lowest BCUT2D eigenvalue weighted by molar-refractivity contribution is 0.442. The van der Waals surface area contributed by atoms with Crippen LogP contribution >= 0.6 is 11.6 Å². The van der Waals surface area contributed by atoms with E-state index in [1.807, 2.05) is 0 Å². The van der Waals surface area contributed by atoms with Crippen LogP contribution in [-0.4, -0.2) is 19.7 Å². The van der Waals surface area contributed by atoms with Crippen molar-refractivity contribution in [3.8, 4) is 11.6 Å². The van der Waals surface area contributed by atoms with Crippen molar-refractivity contribution < 1.29 is 13.2 Å². The van der Waals surface area contributed by atoms with Crippen LogP contribution in [0.5, 0.6) is 11.6 Å². The summed E-state index contributed by atoms with van der Waals surface area (Å²) in [7, 11) is -3.44. The van der Waals surface area contributed by atoms with Gasteiger partial charge in [0.1, 0.15) is 10.6 Å². The van der Waals surface area contributed by atoms with Gasteiger partial charge in [-0.25, -0.2) is 13.4 Å². The molecule has 2 N–H and O–H groups in total. The number of hydrogen-bond acceptors (Lipinski definition) is 5. The quantitative estimate of drug-likeness (QED) is 0.937. The lowest BCUT2D eigenvalue weighted by atomic mass is 10.2. The van der Waals surface area contributed by atoms with Crippen molar-refractivity contribution in [1.29, 1.82) is 0 Å². The highest BCUT2D eigenvalue weighted by Crippen LogP contribution is 2.31. The van der Waals surface area contributed by atoms with Gasteiger partial charge in [-0.15, -0.1) is 0 Å². The molecule has 20 heavy (non-hydrogen) atoms. The maximum Gasteiger partial charge on any atom is 0.238 e. The highest BCUT2D eigenvalue weighted by atomic mass is 35.5. The molecule has 0 bridgehead atoms. The Morgan fingerprint density at radius 1 is 1.30 bits per heavy atom. The maximum atomic E-state index is 11.7. The van der Waals surface area contributed by atoms with Gasteiger partial charge in [0.15, 0.2) is 9.84 Å². The molecule has 0 aliphatic heterocycles. The van der Waals surface area contributed by atoms with Crippen molar-refractivity contribution in [3.63, 3.8) is 0 Å². The molecule has 0 unspecified atom stereocenters. The molecule has 1 aromatic carbocycles. The minimum absolute atomic E-state index is 0.00645. The molecule has 2 aromatic rings. The molecule has 0 saturated carbocycles. The van der Waals surface area contributed by atoms with E-state index < -0.39 is 9.84 Å². The average Bonchev–Trinajstić information content (AvgIpc) is 2.38. The summed E-state index contributed by atoms with van der Waals surface area (Å²) in [6.45, 7) is 0.177. The van der Waals surface area contributed by atoms with Gasteiger partial charge < -0.3 is 10.5 Å². The Hall–Kier alpha value is -1.63. The van der Waals surface area contributed by atoms with Gasteiger partial charge in [0, 0.05) is 29.6 Å². The van der Waals surface area contributed by atoms with Crippen LogP contribution in [-0.2, 0) is 16.4 Å². The molecule has 0 aliphatic carbocycles. The molecule has 1 aromatic heterocycles. The predicted molar refractivity (Wildman–Crippen MR) is 76.8 cm³/mol. The zero-order valence-corrected chi connectivity index (χ0v) is 12.3. The fourth-order valence-corrected chi connectivity index (χ4v) is 2.65. The molecule has 106 valence electrons. The second kappa shape index (κ2) is 5.78. The number of ether oxygens (including phenoxy) is 1. The third-order valence-electron chi connectivity index (χ3n) is 2.62. The standard InChI is InChI=1S/C13H13ClN2O3S/c1-20(17,18)12-6-3-7-16-13(12)19-11-5-2-4-10(14)9(11)8-15/h2-7H,8,15H2,1H3. The second-order valence-electron chi connectivity index (χ2n) is 4.10. The first-order valence-electron chi connectivity index (χ1n) is 5.74. The van der Waals surface area contributed by atoms with Crippen LogP contribution in [0.25, 0.3) is 0 Å². The van der Waals surface area contributed by atoms with Gasteiger partial charge in [0.05, 0.1) is 0 Å². The average molecular weight is 313 g/mol. The number of benzene rings is 1. The van der Waals surface area contributed by atoms with Crippen LogP contribution in [0.1, 0.15) is 5.56 Å². The summed E-state index contributed by atoms with van der Waals surface area (Å²) in [6, 6.07) is 8.01. The Morgan fingerprint density at radius 2 is 2.05 bits per heavy atom. The van der Waals surface area contributed by atoms with Crippen LogP contribution in [0, 0.1) is 0 Å². The summed E-state index contributed by atoms with van der Waals surface area (Å²) < 4.78 is 29.0. The maximum absolute atomic E-state index is 11.7. The highest BCUT2D eigenvalue weighted by molar-refractivity contribution is 7.90. The Balaban J connectivity index is 2.49. The molecular formula is C13H13ClN2O3S. The van der Waals surface area contributed by atoms with E-state index in [0.29, 0.717) is 16.3 Å². The molecule has 1 heterocycles. The number of hydrogen-bond donors (Lipinski definition) is 1. The van der Waals surface area contributed by atoms with Crippen LogP contribution in [0.3, 0.4) is 0 Å². The Bertz CT molecular complexity index is 732. The van der Waals surface area contributed by atoms with Crippen molar-refractivity contribution in [2.75, 3.05) is 6.26 Å². The Morgan fingerprint density at radius 3 is 2.70 bits per heavy atom. The number of nitrogens with zero attached hydrogens (tertiary/aromatic N) is 1. The van der Waals surface area contributed by atoms with E-state index in [-0.39, 0.29) is 17.3 Å². The predicted octanol–water partition coefficient (Wildman–Crippen LogP) is 2.39. The number of rotatable bonds is 4. The van der Waals surface area contributed by atoms with Gasteiger partial charge in [-0.3, -0.25) is 0 Å². The van der Waals surface area contributed by atoms with Crippen LogP contribution in [0.15, 0.2) is 41.4 Å². The molecule has 2 rings (SSSR count). The van der Waals surface area contributed by atoms with Crippen LogP contribution in [0.4, 0.5) is 0 Å². The van der Waals surface area contributed by atoms with E-state index in [9.17, 15) is 8.42 Å². The molecule has 0 saturated heterocycles. The number of nitrogens with two attached hydrogens (primary N) is 1. The highest BCUT2D eigenvalue weighted by Gasteiger charge is 2.17. The summed E-state index contributed by atoms with van der Waals surface area (Å²) in [5.41, 5.74) is 6.22. The van der Waals surface area contributed by atoms with Crippen LogP contribution in [0.2, 0.25) is 5.02 Å². The molecule has 0 aliphatic rings. The van der Waals surface area contributed by atoms with Gasteiger partial charge in [0.2, 0.25) is 5.88 Å². The molecule has 0 spiro atoms. The minimum atomic E-state index is -3.44. The van der Waals surface area contributed by atoms with E-state index >= 15 is 0 Å². The third-order valence-corrected chi connectivity index (χ3v) is 4.09. The number of pyridine rings is 1. The summed E-state index contributed by atoms with van der Waals surface area (Å²) >= 11 is 6.03. The van der Waals surface area contributed by atoms with E-state index in [0.717, 1.165) is 6.26 Å². The first-order chi connectivity index (χ1) is 9.43. The molecule has 5 nitrogen and oxygen atoms in total. The minimum Gasteiger partial charge on any atom is -0.437 e. The van der Waals surface area contributed by atoms with E-state index in [4.69, 9.17) is 22.1 Å². The molecule has 7 heteroatoms. The van der Waals surface area contributed by atoms with Crippen molar-refractivity contribution in [1.82, 2.24) is 4.98 Å². The van der Waals surface area contributed by atoms with Crippen molar-refractivity contribution in [3.05, 3.63) is 47.1 Å². The molecule has 0 atom stereocenters. The first-order valence-corrected chi connectivity index (χ1v) is 8.01. The van der Waals surface area contributed by atoms with Gasteiger partial charge in [-0.1, -0.05) is 17.7 Å². The summed E-state index contributed by atoms with van der Waals surface area (Å²) in [6.07, 6.45) is 2.55. The second-order valence-corrected chi connectivity index (χ2v) is 6.49. The van der Waals surface area contributed by atoms with E-state index in [2.05, 4.69) is 4.98 Å². The van der Waals surface area contributed by atoms with E-state index in [1.54, 1.807) is 18.2 Å². The first kappa shape index (κ1) is 14.8. The lowest BCUT2D eigenvalue weighted by Crippen LogP contribution is -2.04. The molecule has 0 amide bonds. The van der Waals surface area contributed by atoms with Gasteiger partial charge in [0.25, 0.3) is 0 Å². The molecule has 0 fully saturated rings. The molecular weight excluding hydrogens is 300 g/mol. The Labute approximate surface area is 122 Å². The third kappa shape index (κ3) is 3.09. The van der Waals surface area contributed by atoms with Crippen molar-refractivity contribution >= 4 is 21.4 Å². The largest absolute Gasteiger partial charge is 0.437 e. The monoisotopic (exact) mass is 312 g/mol. The smallest absolute Gasteiger partial charge is 0.238 e.